The van der Waals surface area contributed by atoms with E-state index in [-0.39, 0.29) is 17.6 Å². The Morgan fingerprint density at radius 1 is 1.26 bits per heavy atom. The zero-order chi connectivity index (χ0) is 21.7. The zero-order valence-electron chi connectivity index (χ0n) is 17.7. The second-order valence-electron chi connectivity index (χ2n) is 8.00. The van der Waals surface area contributed by atoms with Crippen LogP contribution in [0.25, 0.3) is 11.2 Å². The van der Waals surface area contributed by atoms with Gasteiger partial charge in [-0.05, 0) is 44.5 Å². The fraction of sp³-hybridized carbons (Fsp3) is 0.364. The molecule has 31 heavy (non-hydrogen) atoms. The first-order valence-corrected chi connectivity index (χ1v) is 10.3. The summed E-state index contributed by atoms with van der Waals surface area (Å²) in [5.41, 5.74) is 3.10. The van der Waals surface area contributed by atoms with E-state index >= 15 is 0 Å². The van der Waals surface area contributed by atoms with Crippen molar-refractivity contribution in [1.29, 1.82) is 0 Å². The minimum absolute atomic E-state index is 0.118. The van der Waals surface area contributed by atoms with E-state index in [1.54, 1.807) is 33.3 Å². The van der Waals surface area contributed by atoms with Gasteiger partial charge in [-0.25, -0.2) is 9.78 Å². The van der Waals surface area contributed by atoms with Gasteiger partial charge in [0.1, 0.15) is 11.5 Å². The van der Waals surface area contributed by atoms with Gasteiger partial charge in [-0.1, -0.05) is 5.16 Å². The summed E-state index contributed by atoms with van der Waals surface area (Å²) in [6.45, 7) is 4.74. The largest absolute Gasteiger partial charge is 0.456 e. The molecule has 1 atom stereocenters. The zero-order valence-corrected chi connectivity index (χ0v) is 17.7. The lowest BCUT2D eigenvalue weighted by atomic mass is 10.1. The minimum Gasteiger partial charge on any atom is -0.456 e. The van der Waals surface area contributed by atoms with E-state index in [9.17, 15) is 9.59 Å². The third kappa shape index (κ3) is 3.17. The topological polar surface area (TPSA) is 99.3 Å². The quantitative estimate of drug-likeness (QED) is 0.502. The molecule has 1 aliphatic rings. The lowest BCUT2D eigenvalue weighted by molar-refractivity contribution is 0.0754. The molecule has 1 saturated heterocycles. The van der Waals surface area contributed by atoms with Crippen LogP contribution < -0.4 is 5.69 Å². The highest BCUT2D eigenvalue weighted by atomic mass is 16.5. The van der Waals surface area contributed by atoms with Crippen LogP contribution in [-0.4, -0.2) is 43.2 Å². The van der Waals surface area contributed by atoms with Crippen LogP contribution in [-0.2, 0) is 13.5 Å². The Morgan fingerprint density at radius 2 is 2.10 bits per heavy atom. The van der Waals surface area contributed by atoms with Gasteiger partial charge in [-0.3, -0.25) is 13.9 Å². The number of carbonyl (C=O) groups excluding carboxylic acids is 1. The van der Waals surface area contributed by atoms with Crippen molar-refractivity contribution in [3.63, 3.8) is 0 Å². The summed E-state index contributed by atoms with van der Waals surface area (Å²) in [7, 11) is 1.74. The number of rotatable bonds is 4. The number of hydrogen-bond acceptors (Lipinski definition) is 6. The van der Waals surface area contributed by atoms with E-state index < -0.39 is 0 Å². The van der Waals surface area contributed by atoms with Crippen LogP contribution >= 0.6 is 0 Å². The Hall–Kier alpha value is -3.62. The van der Waals surface area contributed by atoms with Gasteiger partial charge in [-0.15, -0.1) is 0 Å². The predicted octanol–water partition coefficient (Wildman–Crippen LogP) is 2.61. The van der Waals surface area contributed by atoms with E-state index in [0.717, 1.165) is 22.5 Å². The summed E-state index contributed by atoms with van der Waals surface area (Å²) in [5, 5.41) is 3.96. The SMILES string of the molecule is Cc1noc(C)c1Cc1ccc(C(=O)N2CC[C@@H](n3c(=O)n(C)c4cccnc43)C2)o1. The first kappa shape index (κ1) is 19.3. The van der Waals surface area contributed by atoms with Gasteiger partial charge in [0.05, 0.1) is 17.3 Å². The molecule has 0 saturated carbocycles. The summed E-state index contributed by atoms with van der Waals surface area (Å²) >= 11 is 0. The van der Waals surface area contributed by atoms with Crippen LogP contribution in [0.3, 0.4) is 0 Å². The van der Waals surface area contributed by atoms with Gasteiger partial charge in [-0.2, -0.15) is 0 Å². The maximum Gasteiger partial charge on any atom is 0.330 e. The molecular formula is C22H23N5O4. The highest BCUT2D eigenvalue weighted by molar-refractivity contribution is 5.91. The van der Waals surface area contributed by atoms with Gasteiger partial charge in [0, 0.05) is 38.3 Å². The number of imidazole rings is 1. The van der Waals surface area contributed by atoms with Crippen LogP contribution in [0.15, 0.2) is 44.2 Å². The lowest BCUT2D eigenvalue weighted by Gasteiger charge is -2.15. The van der Waals surface area contributed by atoms with E-state index in [0.29, 0.717) is 43.1 Å². The number of aryl methyl sites for hydroxylation is 3. The van der Waals surface area contributed by atoms with Crippen LogP contribution in [0, 0.1) is 13.8 Å². The molecule has 1 aliphatic heterocycles. The summed E-state index contributed by atoms with van der Waals surface area (Å²) in [4.78, 5) is 31.9. The second kappa shape index (κ2) is 7.26. The van der Waals surface area contributed by atoms with Crippen molar-refractivity contribution in [1.82, 2.24) is 24.2 Å². The Kier molecular flexibility index (Phi) is 4.53. The van der Waals surface area contributed by atoms with Gasteiger partial charge in [0.15, 0.2) is 11.4 Å². The van der Waals surface area contributed by atoms with Gasteiger partial charge in [0.2, 0.25) is 0 Å². The van der Waals surface area contributed by atoms with Crippen molar-refractivity contribution in [3.05, 3.63) is 69.5 Å². The smallest absolute Gasteiger partial charge is 0.330 e. The standard InChI is InChI=1S/C22H23N5O4/c1-13-17(14(2)31-24-13)11-16-6-7-19(30-16)21(28)26-10-8-15(12-26)27-20-18(5-4-9-23-20)25(3)22(27)29/h4-7,9,15H,8,10-12H2,1-3H3/t15-/m1/s1. The monoisotopic (exact) mass is 421 g/mol. The third-order valence-corrected chi connectivity index (χ3v) is 6.07. The summed E-state index contributed by atoms with van der Waals surface area (Å²) < 4.78 is 14.3. The van der Waals surface area contributed by atoms with Gasteiger partial charge >= 0.3 is 5.69 Å². The highest BCUT2D eigenvalue weighted by Gasteiger charge is 2.32. The Morgan fingerprint density at radius 3 is 2.87 bits per heavy atom. The first-order chi connectivity index (χ1) is 14.9. The minimum atomic E-state index is -0.172. The fourth-order valence-electron chi connectivity index (χ4n) is 4.33. The Balaban J connectivity index is 1.34. The summed E-state index contributed by atoms with van der Waals surface area (Å²) in [6.07, 6.45) is 2.89. The maximum absolute atomic E-state index is 13.0. The number of nitrogens with zero attached hydrogens (tertiary/aromatic N) is 5. The molecular weight excluding hydrogens is 398 g/mol. The number of hydrogen-bond donors (Lipinski definition) is 0. The number of aromatic nitrogens is 4. The van der Waals surface area contributed by atoms with Gasteiger partial charge in [0.25, 0.3) is 5.91 Å². The number of amides is 1. The molecule has 0 bridgehead atoms. The molecule has 5 heterocycles. The number of fused-ring (bicyclic) bond motifs is 1. The van der Waals surface area contributed by atoms with Crippen LogP contribution in [0.2, 0.25) is 0 Å². The van der Waals surface area contributed by atoms with Crippen molar-refractivity contribution >= 4 is 17.1 Å². The molecule has 1 fully saturated rings. The van der Waals surface area contributed by atoms with Crippen molar-refractivity contribution in [2.45, 2.75) is 32.7 Å². The Bertz CT molecular complexity index is 1320. The van der Waals surface area contributed by atoms with E-state index in [2.05, 4.69) is 10.1 Å². The lowest BCUT2D eigenvalue weighted by Crippen LogP contribution is -2.31. The number of pyridine rings is 1. The second-order valence-corrected chi connectivity index (χ2v) is 8.00. The normalized spacial score (nSPS) is 16.5. The molecule has 0 unspecified atom stereocenters. The van der Waals surface area contributed by atoms with Crippen molar-refractivity contribution in [2.75, 3.05) is 13.1 Å². The highest BCUT2D eigenvalue weighted by Crippen LogP contribution is 2.26. The van der Waals surface area contributed by atoms with Gasteiger partial charge < -0.3 is 13.8 Å². The molecule has 0 radical (unpaired) electrons. The molecule has 5 rings (SSSR count). The number of carbonyl (C=O) groups is 1. The Labute approximate surface area is 177 Å². The molecule has 9 heteroatoms. The van der Waals surface area contributed by atoms with Crippen LogP contribution in [0.1, 0.15) is 45.8 Å². The molecule has 160 valence electrons. The van der Waals surface area contributed by atoms with E-state index in [4.69, 9.17) is 8.94 Å². The summed E-state index contributed by atoms with van der Waals surface area (Å²) in [5.74, 6) is 1.56. The van der Waals surface area contributed by atoms with Crippen molar-refractivity contribution in [3.8, 4) is 0 Å². The van der Waals surface area contributed by atoms with Crippen LogP contribution in [0.4, 0.5) is 0 Å². The van der Waals surface area contributed by atoms with Crippen LogP contribution in [0.5, 0.6) is 0 Å². The molecule has 4 aromatic rings. The maximum atomic E-state index is 13.0. The molecule has 0 aliphatic carbocycles. The molecule has 0 aromatic carbocycles. The molecule has 9 nitrogen and oxygen atoms in total. The van der Waals surface area contributed by atoms with E-state index in [1.165, 1.54) is 0 Å². The summed E-state index contributed by atoms with van der Waals surface area (Å²) in [6, 6.07) is 7.09. The molecule has 1 amide bonds. The molecule has 4 aromatic heterocycles. The third-order valence-electron chi connectivity index (χ3n) is 6.07. The van der Waals surface area contributed by atoms with Crippen molar-refractivity contribution in [2.24, 2.45) is 7.05 Å². The number of likely N-dealkylation sites (tertiary alicyclic amines) is 1. The average Bonchev–Trinajstić information content (AvgIpc) is 3.54. The first-order valence-electron chi connectivity index (χ1n) is 10.3. The molecule has 0 N–H and O–H groups in total. The molecule has 0 spiro atoms. The number of furan rings is 1. The predicted molar refractivity (Wildman–Crippen MR) is 112 cm³/mol. The average molecular weight is 421 g/mol. The fourth-order valence-corrected chi connectivity index (χ4v) is 4.33. The van der Waals surface area contributed by atoms with E-state index in [1.807, 2.05) is 32.0 Å². The van der Waals surface area contributed by atoms with Crippen molar-refractivity contribution < 1.29 is 13.7 Å².